The van der Waals surface area contributed by atoms with E-state index in [1.165, 1.54) is 0 Å². The molecule has 1 amide bonds. The fraction of sp³-hybridized carbons (Fsp3) is 0.714. The van der Waals surface area contributed by atoms with Crippen molar-refractivity contribution in [2.24, 2.45) is 5.92 Å². The molecule has 1 fully saturated rings. The van der Waals surface area contributed by atoms with E-state index in [0.717, 1.165) is 43.6 Å². The molecule has 1 aliphatic rings. The largest absolute Gasteiger partial charge is 0.481 e. The van der Waals surface area contributed by atoms with Crippen molar-refractivity contribution in [1.82, 2.24) is 14.9 Å². The highest BCUT2D eigenvalue weighted by Crippen LogP contribution is 2.24. The van der Waals surface area contributed by atoms with Crippen molar-refractivity contribution in [1.29, 1.82) is 0 Å². The van der Waals surface area contributed by atoms with Crippen molar-refractivity contribution in [3.05, 3.63) is 10.6 Å². The number of hydrogen-bond donors (Lipinski definition) is 2. The fourth-order valence-corrected chi connectivity index (χ4v) is 3.45. The van der Waals surface area contributed by atoms with Crippen LogP contribution in [0, 0.1) is 5.92 Å². The predicted molar refractivity (Wildman–Crippen MR) is 79.4 cm³/mol. The number of carboxylic acid groups (broad SMARTS) is 1. The topological polar surface area (TPSA) is 92.2 Å². The van der Waals surface area contributed by atoms with Crippen LogP contribution in [-0.4, -0.2) is 32.6 Å². The van der Waals surface area contributed by atoms with Crippen LogP contribution in [0.2, 0.25) is 0 Å². The Labute approximate surface area is 128 Å². The first kappa shape index (κ1) is 15.9. The Balaban J connectivity index is 2.09. The molecule has 7 heteroatoms. The Kier molecular flexibility index (Phi) is 5.67. The number of aromatic nitrogens is 2. The normalized spacial score (nSPS) is 23.1. The zero-order chi connectivity index (χ0) is 15.2. The highest BCUT2D eigenvalue weighted by Gasteiger charge is 2.31. The van der Waals surface area contributed by atoms with Gasteiger partial charge in [0.15, 0.2) is 0 Å². The van der Waals surface area contributed by atoms with E-state index in [2.05, 4.69) is 14.9 Å². The number of amides is 1. The molecule has 1 aromatic heterocycles. The minimum Gasteiger partial charge on any atom is -0.481 e. The first-order chi connectivity index (χ1) is 10.1. The molecular formula is C14H21N3O3S. The first-order valence-corrected chi connectivity index (χ1v) is 8.25. The summed E-state index contributed by atoms with van der Waals surface area (Å²) in [6.45, 7) is 1.92. The molecule has 0 aliphatic heterocycles. The standard InChI is InChI=1S/C14H21N3O3S/c1-2-10-12(21-17-16-10)13(18)15-11-8-6-4-3-5-7-9(11)14(19)20/h9,11H,2-8H2,1H3,(H,15,18)(H,19,20). The minimum absolute atomic E-state index is 0.237. The van der Waals surface area contributed by atoms with E-state index < -0.39 is 11.9 Å². The van der Waals surface area contributed by atoms with Gasteiger partial charge in [0.05, 0.1) is 11.6 Å². The maximum atomic E-state index is 12.3. The Hall–Kier alpha value is -1.50. The molecule has 0 radical (unpaired) electrons. The lowest BCUT2D eigenvalue weighted by Crippen LogP contribution is -2.43. The zero-order valence-corrected chi connectivity index (χ0v) is 13.0. The van der Waals surface area contributed by atoms with Crippen molar-refractivity contribution in [2.75, 3.05) is 0 Å². The van der Waals surface area contributed by atoms with Gasteiger partial charge in [0.1, 0.15) is 4.88 Å². The van der Waals surface area contributed by atoms with Gasteiger partial charge < -0.3 is 10.4 Å². The highest BCUT2D eigenvalue weighted by atomic mass is 32.1. The van der Waals surface area contributed by atoms with Crippen molar-refractivity contribution < 1.29 is 14.7 Å². The summed E-state index contributed by atoms with van der Waals surface area (Å²) >= 11 is 1.07. The van der Waals surface area contributed by atoms with E-state index >= 15 is 0 Å². The molecule has 0 aromatic carbocycles. The minimum atomic E-state index is -0.819. The van der Waals surface area contributed by atoms with Crippen LogP contribution in [-0.2, 0) is 11.2 Å². The first-order valence-electron chi connectivity index (χ1n) is 7.48. The number of hydrogen-bond acceptors (Lipinski definition) is 5. The lowest BCUT2D eigenvalue weighted by atomic mass is 9.86. The molecule has 0 bridgehead atoms. The molecule has 21 heavy (non-hydrogen) atoms. The lowest BCUT2D eigenvalue weighted by Gasteiger charge is -2.27. The molecular weight excluding hydrogens is 290 g/mol. The van der Waals surface area contributed by atoms with Gasteiger partial charge in [0.25, 0.3) is 5.91 Å². The van der Waals surface area contributed by atoms with E-state index in [9.17, 15) is 14.7 Å². The Morgan fingerprint density at radius 1 is 1.29 bits per heavy atom. The number of aliphatic carboxylic acids is 1. The highest BCUT2D eigenvalue weighted by molar-refractivity contribution is 7.08. The number of nitrogens with zero attached hydrogens (tertiary/aromatic N) is 2. The van der Waals surface area contributed by atoms with Crippen molar-refractivity contribution in [3.63, 3.8) is 0 Å². The summed E-state index contributed by atoms with van der Waals surface area (Å²) in [6, 6.07) is -0.304. The van der Waals surface area contributed by atoms with Gasteiger partial charge in [-0.2, -0.15) is 0 Å². The summed E-state index contributed by atoms with van der Waals surface area (Å²) in [5.74, 6) is -1.56. The monoisotopic (exact) mass is 311 g/mol. The fourth-order valence-electron chi connectivity index (χ4n) is 2.80. The van der Waals surface area contributed by atoms with Crippen LogP contribution in [0.15, 0.2) is 0 Å². The molecule has 2 N–H and O–H groups in total. The van der Waals surface area contributed by atoms with Crippen molar-refractivity contribution in [3.8, 4) is 0 Å². The van der Waals surface area contributed by atoms with Gasteiger partial charge >= 0.3 is 5.97 Å². The van der Waals surface area contributed by atoms with Crippen LogP contribution in [0.1, 0.15) is 60.8 Å². The van der Waals surface area contributed by atoms with Crippen LogP contribution in [0.5, 0.6) is 0 Å². The van der Waals surface area contributed by atoms with Crippen LogP contribution in [0.4, 0.5) is 0 Å². The van der Waals surface area contributed by atoms with Gasteiger partial charge in [0.2, 0.25) is 0 Å². The summed E-state index contributed by atoms with van der Waals surface area (Å²) in [5, 5.41) is 16.2. The maximum absolute atomic E-state index is 12.3. The van der Waals surface area contributed by atoms with Crippen molar-refractivity contribution >= 4 is 23.4 Å². The van der Waals surface area contributed by atoms with Crippen molar-refractivity contribution in [2.45, 2.75) is 57.9 Å². The van der Waals surface area contributed by atoms with E-state index in [0.29, 0.717) is 23.4 Å². The third kappa shape index (κ3) is 4.00. The average Bonchev–Trinajstić information content (AvgIpc) is 2.89. The molecule has 1 aromatic rings. The second kappa shape index (κ2) is 7.49. The summed E-state index contributed by atoms with van der Waals surface area (Å²) in [5.41, 5.74) is 0.676. The third-order valence-corrected chi connectivity index (χ3v) is 4.76. The predicted octanol–water partition coefficient (Wildman–Crippen LogP) is 2.25. The van der Waals surface area contributed by atoms with Gasteiger partial charge in [-0.25, -0.2) is 0 Å². The molecule has 1 saturated carbocycles. The maximum Gasteiger partial charge on any atom is 0.308 e. The number of carbonyl (C=O) groups excluding carboxylic acids is 1. The molecule has 6 nitrogen and oxygen atoms in total. The van der Waals surface area contributed by atoms with E-state index in [1.54, 1.807) is 0 Å². The Bertz CT molecular complexity index is 503. The molecule has 0 spiro atoms. The second-order valence-corrected chi connectivity index (χ2v) is 6.17. The van der Waals surface area contributed by atoms with Crippen LogP contribution < -0.4 is 5.32 Å². The van der Waals surface area contributed by atoms with Gasteiger partial charge in [-0.1, -0.05) is 37.1 Å². The number of carbonyl (C=O) groups is 2. The van der Waals surface area contributed by atoms with E-state index in [4.69, 9.17) is 0 Å². The molecule has 2 unspecified atom stereocenters. The van der Waals surface area contributed by atoms with Gasteiger partial charge in [0, 0.05) is 6.04 Å². The van der Waals surface area contributed by atoms with Crippen LogP contribution in [0.25, 0.3) is 0 Å². The van der Waals surface area contributed by atoms with Gasteiger partial charge in [-0.15, -0.1) is 5.10 Å². The van der Waals surface area contributed by atoms with E-state index in [1.807, 2.05) is 6.92 Å². The SMILES string of the molecule is CCc1nnsc1C(=O)NC1CCCCCCC1C(=O)O. The Morgan fingerprint density at radius 2 is 2.00 bits per heavy atom. The van der Waals surface area contributed by atoms with Crippen LogP contribution >= 0.6 is 11.5 Å². The number of nitrogens with one attached hydrogen (secondary N) is 1. The number of aryl methyl sites for hydroxylation is 1. The molecule has 1 aliphatic carbocycles. The molecule has 116 valence electrons. The zero-order valence-electron chi connectivity index (χ0n) is 12.2. The molecule has 0 saturated heterocycles. The third-order valence-electron chi connectivity index (χ3n) is 4.00. The van der Waals surface area contributed by atoms with E-state index in [-0.39, 0.29) is 11.9 Å². The molecule has 1 heterocycles. The molecule has 2 rings (SSSR count). The van der Waals surface area contributed by atoms with Gasteiger partial charge in [-0.05, 0) is 30.8 Å². The number of rotatable bonds is 4. The summed E-state index contributed by atoms with van der Waals surface area (Å²) in [4.78, 5) is 24.3. The number of carboxylic acids is 1. The summed E-state index contributed by atoms with van der Waals surface area (Å²) < 4.78 is 3.81. The Morgan fingerprint density at radius 3 is 2.67 bits per heavy atom. The summed E-state index contributed by atoms with van der Waals surface area (Å²) in [6.07, 6.45) is 6.02. The van der Waals surface area contributed by atoms with Crippen LogP contribution in [0.3, 0.4) is 0 Å². The second-order valence-electron chi connectivity index (χ2n) is 5.42. The smallest absolute Gasteiger partial charge is 0.308 e. The molecule has 2 atom stereocenters. The van der Waals surface area contributed by atoms with Gasteiger partial charge in [-0.3, -0.25) is 9.59 Å². The lowest BCUT2D eigenvalue weighted by molar-refractivity contribution is -0.143. The average molecular weight is 311 g/mol. The summed E-state index contributed by atoms with van der Waals surface area (Å²) in [7, 11) is 0. The quantitative estimate of drug-likeness (QED) is 0.889.